The molecule has 0 saturated carbocycles. The van der Waals surface area contributed by atoms with Gasteiger partial charge in [0.05, 0.1) is 6.54 Å². The van der Waals surface area contributed by atoms with Crippen molar-refractivity contribution in [1.29, 1.82) is 0 Å². The van der Waals surface area contributed by atoms with Gasteiger partial charge in [-0.2, -0.15) is 0 Å². The molecular formula is C18H21FN4O2. The van der Waals surface area contributed by atoms with Crippen molar-refractivity contribution >= 4 is 17.5 Å². The molecule has 2 heterocycles. The first-order valence-corrected chi connectivity index (χ1v) is 8.21. The van der Waals surface area contributed by atoms with Crippen LogP contribution < -0.4 is 5.32 Å². The summed E-state index contributed by atoms with van der Waals surface area (Å²) in [5, 5.41) is 2.75. The maximum absolute atomic E-state index is 12.9. The Bertz CT molecular complexity index is 749. The molecule has 25 heavy (non-hydrogen) atoms. The molecule has 3 rings (SSSR count). The normalized spacial score (nSPS) is 15.2. The largest absolute Gasteiger partial charge is 0.347 e. The molecule has 0 unspecified atom stereocenters. The van der Waals surface area contributed by atoms with Crippen molar-refractivity contribution in [2.24, 2.45) is 7.05 Å². The molecule has 0 radical (unpaired) electrons. The first kappa shape index (κ1) is 17.2. The predicted octanol–water partition coefficient (Wildman–Crippen LogP) is 1.56. The van der Waals surface area contributed by atoms with Crippen LogP contribution in [0, 0.1) is 5.82 Å². The number of halogens is 1. The van der Waals surface area contributed by atoms with Crippen molar-refractivity contribution in [3.05, 3.63) is 54.1 Å². The van der Waals surface area contributed by atoms with Crippen LogP contribution >= 0.6 is 0 Å². The monoisotopic (exact) mass is 344 g/mol. The Kier molecular flexibility index (Phi) is 5.14. The molecule has 1 saturated heterocycles. The van der Waals surface area contributed by atoms with Gasteiger partial charge in [-0.15, -0.1) is 0 Å². The number of anilines is 1. The van der Waals surface area contributed by atoms with Crippen molar-refractivity contribution in [1.82, 2.24) is 14.4 Å². The van der Waals surface area contributed by atoms with Crippen molar-refractivity contribution < 1.29 is 14.0 Å². The second kappa shape index (κ2) is 7.48. The zero-order valence-corrected chi connectivity index (χ0v) is 14.1. The van der Waals surface area contributed by atoms with Crippen LogP contribution in [0.15, 0.2) is 42.6 Å². The highest BCUT2D eigenvalue weighted by atomic mass is 19.1. The number of aryl methyl sites for hydroxylation is 1. The zero-order valence-electron chi connectivity index (χ0n) is 14.1. The van der Waals surface area contributed by atoms with Crippen molar-refractivity contribution in [2.45, 2.75) is 0 Å². The van der Waals surface area contributed by atoms with Gasteiger partial charge in [0, 0.05) is 45.1 Å². The molecule has 1 aliphatic rings. The summed E-state index contributed by atoms with van der Waals surface area (Å²) in [6.07, 6.45) is 1.85. The van der Waals surface area contributed by atoms with E-state index in [1.54, 1.807) is 0 Å². The van der Waals surface area contributed by atoms with E-state index in [2.05, 4.69) is 5.32 Å². The Morgan fingerprint density at radius 3 is 2.36 bits per heavy atom. The Labute approximate surface area is 145 Å². The Morgan fingerprint density at radius 1 is 1.08 bits per heavy atom. The molecule has 2 aromatic rings. The van der Waals surface area contributed by atoms with Crippen molar-refractivity contribution in [2.75, 3.05) is 38.0 Å². The van der Waals surface area contributed by atoms with E-state index in [1.807, 2.05) is 39.7 Å². The lowest BCUT2D eigenvalue weighted by Gasteiger charge is -2.34. The van der Waals surface area contributed by atoms with Gasteiger partial charge in [-0.3, -0.25) is 14.5 Å². The number of hydrogen-bond donors (Lipinski definition) is 1. The highest BCUT2D eigenvalue weighted by Gasteiger charge is 2.24. The van der Waals surface area contributed by atoms with E-state index >= 15 is 0 Å². The lowest BCUT2D eigenvalue weighted by molar-refractivity contribution is -0.117. The van der Waals surface area contributed by atoms with E-state index in [4.69, 9.17) is 0 Å². The number of amides is 2. The third kappa shape index (κ3) is 4.24. The second-order valence-electron chi connectivity index (χ2n) is 6.13. The number of piperazine rings is 1. The van der Waals surface area contributed by atoms with Gasteiger partial charge >= 0.3 is 0 Å². The van der Waals surface area contributed by atoms with Gasteiger partial charge in [-0.05, 0) is 36.4 Å². The maximum Gasteiger partial charge on any atom is 0.270 e. The van der Waals surface area contributed by atoms with Gasteiger partial charge in [0.1, 0.15) is 11.5 Å². The smallest absolute Gasteiger partial charge is 0.270 e. The fraction of sp³-hybridized carbons (Fsp3) is 0.333. The first-order valence-electron chi connectivity index (χ1n) is 8.21. The van der Waals surface area contributed by atoms with Crippen LogP contribution in [0.2, 0.25) is 0 Å². The molecule has 132 valence electrons. The van der Waals surface area contributed by atoms with Gasteiger partial charge < -0.3 is 14.8 Å². The SMILES string of the molecule is Cn1cccc1C(=O)N1CCN(CC(=O)Nc2ccc(F)cc2)CC1. The third-order valence-corrected chi connectivity index (χ3v) is 4.32. The van der Waals surface area contributed by atoms with Gasteiger partial charge in [-0.25, -0.2) is 4.39 Å². The van der Waals surface area contributed by atoms with E-state index in [0.29, 0.717) is 37.6 Å². The number of aromatic nitrogens is 1. The lowest BCUT2D eigenvalue weighted by atomic mass is 10.2. The average Bonchev–Trinajstić information content (AvgIpc) is 3.03. The van der Waals surface area contributed by atoms with Gasteiger partial charge in [-0.1, -0.05) is 0 Å². The molecule has 1 aromatic heterocycles. The quantitative estimate of drug-likeness (QED) is 0.916. The van der Waals surface area contributed by atoms with Crippen molar-refractivity contribution in [3.8, 4) is 0 Å². The summed E-state index contributed by atoms with van der Waals surface area (Å²) in [6.45, 7) is 2.73. The molecule has 0 bridgehead atoms. The first-order chi connectivity index (χ1) is 12.0. The summed E-state index contributed by atoms with van der Waals surface area (Å²) < 4.78 is 14.7. The minimum Gasteiger partial charge on any atom is -0.347 e. The Morgan fingerprint density at radius 2 is 1.76 bits per heavy atom. The number of benzene rings is 1. The molecule has 1 N–H and O–H groups in total. The number of carbonyl (C=O) groups is 2. The second-order valence-corrected chi connectivity index (χ2v) is 6.13. The minimum absolute atomic E-state index is 0.0166. The highest BCUT2D eigenvalue weighted by molar-refractivity contribution is 5.93. The molecule has 0 spiro atoms. The Balaban J connectivity index is 1.47. The topological polar surface area (TPSA) is 57.6 Å². The van der Waals surface area contributed by atoms with Crippen LogP contribution in [0.1, 0.15) is 10.5 Å². The fourth-order valence-electron chi connectivity index (χ4n) is 2.89. The van der Waals surface area contributed by atoms with E-state index in [0.717, 1.165) is 0 Å². The van der Waals surface area contributed by atoms with Crippen LogP contribution in [-0.2, 0) is 11.8 Å². The van der Waals surface area contributed by atoms with Crippen LogP contribution in [-0.4, -0.2) is 58.9 Å². The van der Waals surface area contributed by atoms with Crippen LogP contribution in [0.25, 0.3) is 0 Å². The number of nitrogens with one attached hydrogen (secondary N) is 1. The molecule has 7 heteroatoms. The third-order valence-electron chi connectivity index (χ3n) is 4.32. The number of carbonyl (C=O) groups excluding carboxylic acids is 2. The standard InChI is InChI=1S/C18H21FN4O2/c1-21-8-2-3-16(21)18(25)23-11-9-22(10-12-23)13-17(24)20-15-6-4-14(19)5-7-15/h2-8H,9-13H2,1H3,(H,20,24). The van der Waals surface area contributed by atoms with E-state index in [1.165, 1.54) is 24.3 Å². The summed E-state index contributed by atoms with van der Waals surface area (Å²) in [5.41, 5.74) is 1.24. The van der Waals surface area contributed by atoms with Crippen molar-refractivity contribution in [3.63, 3.8) is 0 Å². The van der Waals surface area contributed by atoms with Crippen LogP contribution in [0.4, 0.5) is 10.1 Å². The minimum atomic E-state index is -0.336. The van der Waals surface area contributed by atoms with Gasteiger partial charge in [0.2, 0.25) is 5.91 Å². The number of hydrogen-bond acceptors (Lipinski definition) is 3. The molecule has 1 aromatic carbocycles. The molecule has 6 nitrogen and oxygen atoms in total. The molecule has 1 fully saturated rings. The summed E-state index contributed by atoms with van der Waals surface area (Å²) in [4.78, 5) is 28.4. The average molecular weight is 344 g/mol. The predicted molar refractivity (Wildman–Crippen MR) is 92.8 cm³/mol. The van der Waals surface area contributed by atoms with E-state index in [9.17, 15) is 14.0 Å². The lowest BCUT2D eigenvalue weighted by Crippen LogP contribution is -2.50. The van der Waals surface area contributed by atoms with Crippen LogP contribution in [0.3, 0.4) is 0 Å². The molecular weight excluding hydrogens is 323 g/mol. The molecule has 0 aliphatic carbocycles. The maximum atomic E-state index is 12.9. The van der Waals surface area contributed by atoms with E-state index < -0.39 is 0 Å². The summed E-state index contributed by atoms with van der Waals surface area (Å²) in [7, 11) is 1.85. The summed E-state index contributed by atoms with van der Waals surface area (Å²) in [5.74, 6) is -0.464. The van der Waals surface area contributed by atoms with Crippen LogP contribution in [0.5, 0.6) is 0 Å². The summed E-state index contributed by atoms with van der Waals surface area (Å²) in [6, 6.07) is 9.34. The van der Waals surface area contributed by atoms with Gasteiger partial charge in [0.25, 0.3) is 5.91 Å². The molecule has 0 atom stereocenters. The van der Waals surface area contributed by atoms with Gasteiger partial charge in [0.15, 0.2) is 0 Å². The highest BCUT2D eigenvalue weighted by Crippen LogP contribution is 2.11. The fourth-order valence-corrected chi connectivity index (χ4v) is 2.89. The summed E-state index contributed by atoms with van der Waals surface area (Å²) >= 11 is 0. The number of rotatable bonds is 4. The Hall–Kier alpha value is -2.67. The zero-order chi connectivity index (χ0) is 17.8. The molecule has 1 aliphatic heterocycles. The molecule has 2 amide bonds. The number of nitrogens with zero attached hydrogens (tertiary/aromatic N) is 3. The van der Waals surface area contributed by atoms with E-state index in [-0.39, 0.29) is 24.2 Å².